The van der Waals surface area contributed by atoms with Gasteiger partial charge in [-0.2, -0.15) is 0 Å². The summed E-state index contributed by atoms with van der Waals surface area (Å²) < 4.78 is 5.71. The minimum absolute atomic E-state index is 0.0635. The van der Waals surface area contributed by atoms with Gasteiger partial charge in [0.2, 0.25) is 0 Å². The second-order valence-corrected chi connectivity index (χ2v) is 5.40. The van der Waals surface area contributed by atoms with Gasteiger partial charge < -0.3 is 10.1 Å². The Bertz CT molecular complexity index is 456. The molecule has 5 nitrogen and oxygen atoms in total. The van der Waals surface area contributed by atoms with Crippen molar-refractivity contribution in [1.82, 2.24) is 5.32 Å². The van der Waals surface area contributed by atoms with E-state index in [9.17, 15) is 10.1 Å². The number of nitro groups is 1. The highest BCUT2D eigenvalue weighted by molar-refractivity contribution is 5.48. The Morgan fingerprint density at radius 1 is 1.35 bits per heavy atom. The highest BCUT2D eigenvalue weighted by Crippen LogP contribution is 2.30. The summed E-state index contributed by atoms with van der Waals surface area (Å²) in [7, 11) is 1.82. The van der Waals surface area contributed by atoms with Gasteiger partial charge in [-0.3, -0.25) is 10.1 Å². The Hall–Kier alpha value is -1.62. The molecule has 2 rings (SSSR count). The first kappa shape index (κ1) is 14.8. The number of nitrogens with zero attached hydrogens (tertiary/aromatic N) is 1. The summed E-state index contributed by atoms with van der Waals surface area (Å²) >= 11 is 0. The third kappa shape index (κ3) is 3.93. The molecule has 0 amide bonds. The Morgan fingerprint density at radius 3 is 2.75 bits per heavy atom. The van der Waals surface area contributed by atoms with Crippen LogP contribution in [0.5, 0.6) is 5.75 Å². The summed E-state index contributed by atoms with van der Waals surface area (Å²) in [6, 6.07) is 5.18. The van der Waals surface area contributed by atoms with Gasteiger partial charge in [-0.25, -0.2) is 0 Å². The van der Waals surface area contributed by atoms with Crippen LogP contribution in [0.15, 0.2) is 18.2 Å². The van der Waals surface area contributed by atoms with Gasteiger partial charge in [-0.05, 0) is 37.4 Å². The molecule has 1 fully saturated rings. The molecule has 110 valence electrons. The van der Waals surface area contributed by atoms with Gasteiger partial charge in [-0.15, -0.1) is 0 Å². The van der Waals surface area contributed by atoms with Crippen LogP contribution in [0.3, 0.4) is 0 Å². The first-order valence-electron chi connectivity index (χ1n) is 7.25. The first-order valence-corrected chi connectivity index (χ1v) is 7.25. The van der Waals surface area contributed by atoms with Crippen molar-refractivity contribution in [2.24, 2.45) is 5.92 Å². The Morgan fingerprint density at radius 2 is 2.10 bits per heavy atom. The molecule has 1 aromatic carbocycles. The molecule has 0 atom stereocenters. The van der Waals surface area contributed by atoms with Crippen molar-refractivity contribution >= 4 is 5.69 Å². The number of hydrogen-bond donors (Lipinski definition) is 1. The van der Waals surface area contributed by atoms with E-state index in [4.69, 9.17) is 4.74 Å². The van der Waals surface area contributed by atoms with Gasteiger partial charge in [0.05, 0.1) is 11.5 Å². The van der Waals surface area contributed by atoms with E-state index >= 15 is 0 Å². The highest BCUT2D eigenvalue weighted by atomic mass is 16.6. The maximum absolute atomic E-state index is 11.1. The molecule has 0 saturated heterocycles. The monoisotopic (exact) mass is 278 g/mol. The normalized spacial score (nSPS) is 16.1. The first-order chi connectivity index (χ1) is 9.70. The van der Waals surface area contributed by atoms with E-state index in [1.165, 1.54) is 32.1 Å². The van der Waals surface area contributed by atoms with Gasteiger partial charge in [0.1, 0.15) is 0 Å². The lowest BCUT2D eigenvalue weighted by atomic mass is 9.90. The molecule has 0 aliphatic heterocycles. The molecule has 1 aliphatic rings. The third-order valence-corrected chi connectivity index (χ3v) is 3.80. The zero-order valence-electron chi connectivity index (χ0n) is 11.9. The molecule has 0 bridgehead atoms. The van der Waals surface area contributed by atoms with E-state index in [1.54, 1.807) is 12.1 Å². The lowest BCUT2D eigenvalue weighted by Gasteiger charge is -2.21. The van der Waals surface area contributed by atoms with E-state index < -0.39 is 0 Å². The summed E-state index contributed by atoms with van der Waals surface area (Å²) in [5.41, 5.74) is 0.956. The summed E-state index contributed by atoms with van der Waals surface area (Å²) in [5.74, 6) is 0.931. The highest BCUT2D eigenvalue weighted by Gasteiger charge is 2.19. The van der Waals surface area contributed by atoms with Crippen molar-refractivity contribution in [2.75, 3.05) is 13.7 Å². The van der Waals surface area contributed by atoms with E-state index in [0.29, 0.717) is 24.8 Å². The predicted molar refractivity (Wildman–Crippen MR) is 77.9 cm³/mol. The Balaban J connectivity index is 2.03. The van der Waals surface area contributed by atoms with Crippen molar-refractivity contribution in [2.45, 2.75) is 38.6 Å². The van der Waals surface area contributed by atoms with Crippen LogP contribution in [0.4, 0.5) is 5.69 Å². The average molecular weight is 278 g/mol. The number of rotatable bonds is 6. The molecule has 0 heterocycles. The summed E-state index contributed by atoms with van der Waals surface area (Å²) in [4.78, 5) is 10.8. The number of nitrogens with one attached hydrogen (secondary N) is 1. The fourth-order valence-corrected chi connectivity index (χ4v) is 2.70. The van der Waals surface area contributed by atoms with Crippen molar-refractivity contribution in [3.63, 3.8) is 0 Å². The predicted octanol–water partition coefficient (Wildman–Crippen LogP) is 3.27. The number of hydrogen-bond acceptors (Lipinski definition) is 4. The molecule has 1 saturated carbocycles. The Kier molecular flexibility index (Phi) is 5.35. The minimum Gasteiger partial charge on any atom is -0.487 e. The zero-order valence-corrected chi connectivity index (χ0v) is 11.9. The molecular weight excluding hydrogens is 256 g/mol. The van der Waals surface area contributed by atoms with Crippen molar-refractivity contribution in [3.8, 4) is 5.75 Å². The van der Waals surface area contributed by atoms with E-state index in [2.05, 4.69) is 5.32 Å². The molecule has 0 radical (unpaired) electrons. The molecule has 0 spiro atoms. The second kappa shape index (κ2) is 7.24. The van der Waals surface area contributed by atoms with Gasteiger partial charge in [0.15, 0.2) is 5.75 Å². The molecule has 1 aliphatic carbocycles. The second-order valence-electron chi connectivity index (χ2n) is 5.40. The van der Waals surface area contributed by atoms with E-state index in [0.717, 1.165) is 5.56 Å². The maximum atomic E-state index is 11.1. The van der Waals surface area contributed by atoms with Crippen LogP contribution in [0.2, 0.25) is 0 Å². The van der Waals surface area contributed by atoms with Crippen LogP contribution in [-0.4, -0.2) is 18.6 Å². The van der Waals surface area contributed by atoms with Gasteiger partial charge in [-0.1, -0.05) is 25.3 Å². The zero-order chi connectivity index (χ0) is 14.4. The van der Waals surface area contributed by atoms with Gasteiger partial charge in [0.25, 0.3) is 0 Å². The fourth-order valence-electron chi connectivity index (χ4n) is 2.70. The van der Waals surface area contributed by atoms with Crippen LogP contribution in [-0.2, 0) is 6.54 Å². The van der Waals surface area contributed by atoms with Crippen LogP contribution < -0.4 is 10.1 Å². The van der Waals surface area contributed by atoms with Gasteiger partial charge in [0, 0.05) is 12.6 Å². The van der Waals surface area contributed by atoms with Crippen molar-refractivity contribution < 1.29 is 9.66 Å². The fraction of sp³-hybridized carbons (Fsp3) is 0.600. The average Bonchev–Trinajstić information content (AvgIpc) is 2.47. The third-order valence-electron chi connectivity index (χ3n) is 3.80. The Labute approximate surface area is 119 Å². The van der Waals surface area contributed by atoms with Crippen LogP contribution in [0, 0.1) is 16.0 Å². The molecule has 5 heteroatoms. The molecule has 1 N–H and O–H groups in total. The topological polar surface area (TPSA) is 64.4 Å². The van der Waals surface area contributed by atoms with Crippen LogP contribution >= 0.6 is 0 Å². The molecule has 0 aromatic heterocycles. The number of nitro benzene ring substituents is 1. The summed E-state index contributed by atoms with van der Waals surface area (Å²) in [5, 5.41) is 14.1. The SMILES string of the molecule is CNCc1ccc(OCC2CCCCC2)c([N+](=O)[O-])c1. The maximum Gasteiger partial charge on any atom is 0.311 e. The molecule has 0 unspecified atom stereocenters. The quantitative estimate of drug-likeness (QED) is 0.640. The van der Waals surface area contributed by atoms with E-state index in [1.807, 2.05) is 13.1 Å². The molecule has 20 heavy (non-hydrogen) atoms. The van der Waals surface area contributed by atoms with E-state index in [-0.39, 0.29) is 10.6 Å². The summed E-state index contributed by atoms with van der Waals surface area (Å²) in [6.45, 7) is 1.20. The number of ether oxygens (including phenoxy) is 1. The summed E-state index contributed by atoms with van der Waals surface area (Å²) in [6.07, 6.45) is 6.14. The van der Waals surface area contributed by atoms with Gasteiger partial charge >= 0.3 is 5.69 Å². The molecule has 1 aromatic rings. The molecular formula is C15H22N2O3. The lowest BCUT2D eigenvalue weighted by Crippen LogP contribution is -2.15. The largest absolute Gasteiger partial charge is 0.487 e. The lowest BCUT2D eigenvalue weighted by molar-refractivity contribution is -0.386. The minimum atomic E-state index is -0.366. The standard InChI is InChI=1S/C15H22N2O3/c1-16-10-13-7-8-15(14(9-13)17(18)19)20-11-12-5-3-2-4-6-12/h7-9,12,16H,2-6,10-11H2,1H3. The van der Waals surface area contributed by atoms with Crippen molar-refractivity contribution in [1.29, 1.82) is 0 Å². The van der Waals surface area contributed by atoms with Crippen molar-refractivity contribution in [3.05, 3.63) is 33.9 Å². The smallest absolute Gasteiger partial charge is 0.311 e. The number of benzene rings is 1. The van der Waals surface area contributed by atoms with Crippen LogP contribution in [0.1, 0.15) is 37.7 Å². The van der Waals surface area contributed by atoms with Crippen LogP contribution in [0.25, 0.3) is 0 Å².